The van der Waals surface area contributed by atoms with Crippen molar-refractivity contribution in [3.63, 3.8) is 0 Å². The molecule has 0 unspecified atom stereocenters. The van der Waals surface area contributed by atoms with Crippen LogP contribution >= 0.6 is 0 Å². The predicted molar refractivity (Wildman–Crippen MR) is 81.6 cm³/mol. The van der Waals surface area contributed by atoms with Gasteiger partial charge in [0, 0.05) is 31.4 Å². The highest BCUT2D eigenvalue weighted by molar-refractivity contribution is 5.54. The molecule has 2 fully saturated rings. The van der Waals surface area contributed by atoms with Crippen LogP contribution in [-0.4, -0.2) is 19.1 Å². The molecular weight excluding hydrogens is 232 g/mol. The molecule has 1 aromatic carbocycles. The van der Waals surface area contributed by atoms with Crippen molar-refractivity contribution >= 4 is 5.69 Å². The zero-order valence-electron chi connectivity index (χ0n) is 12.1. The number of anilines is 1. The topological polar surface area (TPSA) is 15.3 Å². The number of hydrogen-bond donors (Lipinski definition) is 1. The van der Waals surface area contributed by atoms with Gasteiger partial charge in [-0.25, -0.2) is 0 Å². The van der Waals surface area contributed by atoms with Gasteiger partial charge in [0.25, 0.3) is 0 Å². The van der Waals surface area contributed by atoms with Crippen molar-refractivity contribution in [1.29, 1.82) is 0 Å². The van der Waals surface area contributed by atoms with Gasteiger partial charge in [0.1, 0.15) is 0 Å². The summed E-state index contributed by atoms with van der Waals surface area (Å²) in [7, 11) is 2.28. The lowest BCUT2D eigenvalue weighted by Gasteiger charge is -2.34. The molecule has 0 bridgehead atoms. The van der Waals surface area contributed by atoms with Gasteiger partial charge in [-0.2, -0.15) is 0 Å². The summed E-state index contributed by atoms with van der Waals surface area (Å²) in [4.78, 5) is 2.53. The van der Waals surface area contributed by atoms with Gasteiger partial charge in [0.2, 0.25) is 0 Å². The SMILES string of the molecule is CN(c1ccccc1CNC1CC1)C1CCCCC1. The Morgan fingerprint density at radius 2 is 1.79 bits per heavy atom. The fourth-order valence-electron chi connectivity index (χ4n) is 3.21. The molecule has 1 N–H and O–H groups in total. The van der Waals surface area contributed by atoms with Gasteiger partial charge in [-0.1, -0.05) is 37.5 Å². The summed E-state index contributed by atoms with van der Waals surface area (Å²) in [5.74, 6) is 0. The van der Waals surface area contributed by atoms with Crippen LogP contribution in [0, 0.1) is 0 Å². The Hall–Kier alpha value is -1.02. The van der Waals surface area contributed by atoms with Crippen LogP contribution in [0.2, 0.25) is 0 Å². The highest BCUT2D eigenvalue weighted by Gasteiger charge is 2.22. The third-order valence-electron chi connectivity index (χ3n) is 4.65. The van der Waals surface area contributed by atoms with Gasteiger partial charge >= 0.3 is 0 Å². The second-order valence-corrected chi connectivity index (χ2v) is 6.19. The van der Waals surface area contributed by atoms with Crippen LogP contribution in [0.3, 0.4) is 0 Å². The molecule has 0 heterocycles. The van der Waals surface area contributed by atoms with Crippen molar-refractivity contribution in [2.24, 2.45) is 0 Å². The van der Waals surface area contributed by atoms with E-state index < -0.39 is 0 Å². The molecule has 0 spiro atoms. The molecular formula is C17H26N2. The Labute approximate surface area is 117 Å². The van der Waals surface area contributed by atoms with E-state index in [0.29, 0.717) is 0 Å². The summed E-state index contributed by atoms with van der Waals surface area (Å²) in [6.45, 7) is 1.03. The quantitative estimate of drug-likeness (QED) is 0.866. The number of benzene rings is 1. The van der Waals surface area contributed by atoms with Crippen LogP contribution in [0.5, 0.6) is 0 Å². The van der Waals surface area contributed by atoms with E-state index in [1.165, 1.54) is 56.2 Å². The highest BCUT2D eigenvalue weighted by Crippen LogP contribution is 2.29. The molecule has 2 nitrogen and oxygen atoms in total. The third kappa shape index (κ3) is 3.30. The lowest BCUT2D eigenvalue weighted by atomic mass is 9.94. The number of hydrogen-bond acceptors (Lipinski definition) is 2. The van der Waals surface area contributed by atoms with Crippen LogP contribution in [0.15, 0.2) is 24.3 Å². The zero-order valence-corrected chi connectivity index (χ0v) is 12.1. The molecule has 2 aliphatic rings. The molecule has 1 aromatic rings. The first kappa shape index (κ1) is 13.0. The van der Waals surface area contributed by atoms with Crippen LogP contribution in [0.25, 0.3) is 0 Å². The largest absolute Gasteiger partial charge is 0.371 e. The molecule has 0 atom stereocenters. The van der Waals surface area contributed by atoms with Crippen LogP contribution < -0.4 is 10.2 Å². The van der Waals surface area contributed by atoms with E-state index in [1.807, 2.05) is 0 Å². The minimum atomic E-state index is 0.746. The molecule has 2 heteroatoms. The van der Waals surface area contributed by atoms with Gasteiger partial charge in [-0.3, -0.25) is 0 Å². The van der Waals surface area contributed by atoms with Crippen molar-refractivity contribution in [1.82, 2.24) is 5.32 Å². The van der Waals surface area contributed by atoms with Crippen molar-refractivity contribution in [2.75, 3.05) is 11.9 Å². The first-order chi connectivity index (χ1) is 9.34. The van der Waals surface area contributed by atoms with Crippen molar-refractivity contribution in [3.05, 3.63) is 29.8 Å². The Balaban J connectivity index is 1.70. The fraction of sp³-hybridized carbons (Fsp3) is 0.647. The average Bonchev–Trinajstić information content (AvgIpc) is 3.30. The summed E-state index contributed by atoms with van der Waals surface area (Å²) in [6, 6.07) is 10.4. The minimum absolute atomic E-state index is 0.746. The third-order valence-corrected chi connectivity index (χ3v) is 4.65. The van der Waals surface area contributed by atoms with Crippen molar-refractivity contribution in [3.8, 4) is 0 Å². The smallest absolute Gasteiger partial charge is 0.0411 e. The maximum atomic E-state index is 3.64. The Kier molecular flexibility index (Phi) is 4.07. The Morgan fingerprint density at radius 3 is 2.53 bits per heavy atom. The first-order valence-electron chi connectivity index (χ1n) is 7.89. The summed E-state index contributed by atoms with van der Waals surface area (Å²) < 4.78 is 0. The van der Waals surface area contributed by atoms with E-state index in [0.717, 1.165) is 18.6 Å². The van der Waals surface area contributed by atoms with Crippen LogP contribution in [0.4, 0.5) is 5.69 Å². The summed E-state index contributed by atoms with van der Waals surface area (Å²) in [5.41, 5.74) is 2.89. The molecule has 0 amide bonds. The number of para-hydroxylation sites is 1. The number of rotatable bonds is 5. The molecule has 19 heavy (non-hydrogen) atoms. The second-order valence-electron chi connectivity index (χ2n) is 6.19. The van der Waals surface area contributed by atoms with E-state index in [1.54, 1.807) is 0 Å². The molecule has 0 aromatic heterocycles. The Bertz CT molecular complexity index is 405. The van der Waals surface area contributed by atoms with E-state index in [9.17, 15) is 0 Å². The summed E-state index contributed by atoms with van der Waals surface area (Å²) in [6.07, 6.45) is 9.67. The minimum Gasteiger partial charge on any atom is -0.371 e. The molecule has 0 aliphatic heterocycles. The van der Waals surface area contributed by atoms with Crippen LogP contribution in [0.1, 0.15) is 50.5 Å². The van der Waals surface area contributed by atoms with E-state index >= 15 is 0 Å². The lowest BCUT2D eigenvalue weighted by Crippen LogP contribution is -2.34. The molecule has 0 radical (unpaired) electrons. The monoisotopic (exact) mass is 258 g/mol. The molecule has 0 saturated heterocycles. The molecule has 2 aliphatic carbocycles. The number of nitrogens with zero attached hydrogens (tertiary/aromatic N) is 1. The van der Waals surface area contributed by atoms with Crippen molar-refractivity contribution < 1.29 is 0 Å². The predicted octanol–water partition coefficient (Wildman–Crippen LogP) is 3.71. The van der Waals surface area contributed by atoms with Gasteiger partial charge in [-0.15, -0.1) is 0 Å². The average molecular weight is 258 g/mol. The lowest BCUT2D eigenvalue weighted by molar-refractivity contribution is 0.427. The first-order valence-corrected chi connectivity index (χ1v) is 7.89. The molecule has 3 rings (SSSR count). The van der Waals surface area contributed by atoms with E-state index in [4.69, 9.17) is 0 Å². The molecule has 2 saturated carbocycles. The second kappa shape index (κ2) is 5.96. The summed E-state index contributed by atoms with van der Waals surface area (Å²) >= 11 is 0. The van der Waals surface area contributed by atoms with Gasteiger partial charge in [-0.05, 0) is 37.3 Å². The zero-order chi connectivity index (χ0) is 13.1. The molecule has 104 valence electrons. The van der Waals surface area contributed by atoms with Gasteiger partial charge in [0.15, 0.2) is 0 Å². The number of nitrogens with one attached hydrogen (secondary N) is 1. The van der Waals surface area contributed by atoms with Crippen molar-refractivity contribution in [2.45, 2.75) is 63.6 Å². The fourth-order valence-corrected chi connectivity index (χ4v) is 3.21. The normalized spacial score (nSPS) is 20.5. The van der Waals surface area contributed by atoms with Gasteiger partial charge < -0.3 is 10.2 Å². The Morgan fingerprint density at radius 1 is 1.05 bits per heavy atom. The standard InChI is InChI=1S/C17H26N2/c1-19(16-8-3-2-4-9-16)17-10-6-5-7-14(17)13-18-15-11-12-15/h5-7,10,15-16,18H,2-4,8-9,11-13H2,1H3. The summed E-state index contributed by atoms with van der Waals surface area (Å²) in [5, 5.41) is 3.64. The highest BCUT2D eigenvalue weighted by atomic mass is 15.1. The maximum absolute atomic E-state index is 3.64. The van der Waals surface area contributed by atoms with Crippen LogP contribution in [-0.2, 0) is 6.54 Å². The van der Waals surface area contributed by atoms with E-state index in [-0.39, 0.29) is 0 Å². The van der Waals surface area contributed by atoms with Gasteiger partial charge in [0.05, 0.1) is 0 Å². The van der Waals surface area contributed by atoms with E-state index in [2.05, 4.69) is 41.5 Å². The maximum Gasteiger partial charge on any atom is 0.0411 e.